The first-order chi connectivity index (χ1) is 14.2. The monoisotopic (exact) mass is 409 g/mol. The molecule has 3 aromatic rings. The van der Waals surface area contributed by atoms with E-state index in [1.807, 2.05) is 54.8 Å². The molecule has 0 aliphatic carbocycles. The van der Waals surface area contributed by atoms with Crippen LogP contribution in [0.15, 0.2) is 59.9 Å². The number of benzene rings is 2. The zero-order chi connectivity index (χ0) is 20.6. The maximum atomic E-state index is 12.8. The number of methoxy groups -OCH3 is 2. The Bertz CT molecular complexity index is 980. The van der Waals surface area contributed by atoms with Crippen LogP contribution in [0, 0.1) is 0 Å². The summed E-state index contributed by atoms with van der Waals surface area (Å²) in [7, 11) is 3.21. The highest BCUT2D eigenvalue weighted by Crippen LogP contribution is 2.27. The van der Waals surface area contributed by atoms with E-state index in [1.165, 1.54) is 11.8 Å². The molecular formula is C22H23N3O3S. The first-order valence-electron chi connectivity index (χ1n) is 9.11. The molecule has 1 heterocycles. The van der Waals surface area contributed by atoms with E-state index in [1.54, 1.807) is 20.4 Å². The van der Waals surface area contributed by atoms with E-state index < -0.39 is 0 Å². The van der Waals surface area contributed by atoms with Crippen LogP contribution < -0.4 is 14.8 Å². The summed E-state index contributed by atoms with van der Waals surface area (Å²) in [6, 6.07) is 15.4. The van der Waals surface area contributed by atoms with Crippen molar-refractivity contribution in [1.82, 2.24) is 15.3 Å². The molecule has 0 bridgehead atoms. The molecule has 7 heteroatoms. The van der Waals surface area contributed by atoms with Crippen LogP contribution in [0.2, 0.25) is 0 Å². The summed E-state index contributed by atoms with van der Waals surface area (Å²) in [4.78, 5) is 21.6. The van der Waals surface area contributed by atoms with Crippen molar-refractivity contribution >= 4 is 17.7 Å². The molecule has 1 aromatic heterocycles. The highest BCUT2D eigenvalue weighted by Gasteiger charge is 2.16. The van der Waals surface area contributed by atoms with Crippen molar-refractivity contribution in [1.29, 1.82) is 0 Å². The van der Waals surface area contributed by atoms with Gasteiger partial charge in [0.15, 0.2) is 16.7 Å². The zero-order valence-corrected chi connectivity index (χ0v) is 17.5. The van der Waals surface area contributed by atoms with Gasteiger partial charge in [0, 0.05) is 18.3 Å². The van der Waals surface area contributed by atoms with Crippen LogP contribution in [0.25, 0.3) is 11.3 Å². The third kappa shape index (κ3) is 5.06. The molecule has 2 aromatic carbocycles. The molecule has 0 fully saturated rings. The highest BCUT2D eigenvalue weighted by molar-refractivity contribution is 7.98. The molecule has 150 valence electrons. The average Bonchev–Trinajstić information content (AvgIpc) is 2.79. The second kappa shape index (κ2) is 9.93. The van der Waals surface area contributed by atoms with E-state index in [4.69, 9.17) is 9.47 Å². The van der Waals surface area contributed by atoms with Gasteiger partial charge in [-0.2, -0.15) is 0 Å². The van der Waals surface area contributed by atoms with Gasteiger partial charge in [-0.3, -0.25) is 4.79 Å². The first kappa shape index (κ1) is 20.7. The number of rotatable bonds is 8. The Morgan fingerprint density at radius 2 is 1.83 bits per heavy atom. The van der Waals surface area contributed by atoms with E-state index in [0.717, 1.165) is 11.1 Å². The number of nitrogens with zero attached hydrogens (tertiary/aromatic N) is 2. The third-order valence-corrected chi connectivity index (χ3v) is 4.95. The number of ether oxygens (including phenoxy) is 2. The van der Waals surface area contributed by atoms with Gasteiger partial charge in [-0.05, 0) is 30.4 Å². The van der Waals surface area contributed by atoms with Crippen LogP contribution >= 0.6 is 11.8 Å². The fourth-order valence-electron chi connectivity index (χ4n) is 2.90. The summed E-state index contributed by atoms with van der Waals surface area (Å²) in [5, 5.41) is 3.59. The number of amides is 1. The minimum Gasteiger partial charge on any atom is -0.493 e. The number of aromatic nitrogens is 2. The van der Waals surface area contributed by atoms with Crippen LogP contribution in [0.3, 0.4) is 0 Å². The van der Waals surface area contributed by atoms with Crippen molar-refractivity contribution in [2.75, 3.05) is 27.0 Å². The lowest BCUT2D eigenvalue weighted by Crippen LogP contribution is -2.26. The summed E-state index contributed by atoms with van der Waals surface area (Å²) in [5.74, 6) is 1.15. The smallest absolute Gasteiger partial charge is 0.255 e. The third-order valence-electron chi connectivity index (χ3n) is 4.39. The standard InChI is InChI=1S/C22H23N3O3S/c1-27-18-10-9-15(13-19(18)28-2)11-12-23-21(26)17-14-24-22(29-3)25-20(17)16-7-5-4-6-8-16/h4-10,13-14H,11-12H2,1-3H3,(H,23,26). The molecule has 0 aliphatic heterocycles. The molecular weight excluding hydrogens is 386 g/mol. The molecule has 1 N–H and O–H groups in total. The average molecular weight is 410 g/mol. The van der Waals surface area contributed by atoms with E-state index in [0.29, 0.717) is 40.9 Å². The van der Waals surface area contributed by atoms with Gasteiger partial charge in [-0.25, -0.2) is 9.97 Å². The minimum absolute atomic E-state index is 0.197. The Balaban J connectivity index is 1.73. The second-order valence-electron chi connectivity index (χ2n) is 6.18. The van der Waals surface area contributed by atoms with E-state index in [2.05, 4.69) is 15.3 Å². The van der Waals surface area contributed by atoms with Crippen molar-refractivity contribution in [3.05, 3.63) is 65.9 Å². The predicted octanol–water partition coefficient (Wildman–Crippen LogP) is 3.86. The van der Waals surface area contributed by atoms with Gasteiger partial charge in [0.2, 0.25) is 0 Å². The maximum absolute atomic E-state index is 12.8. The zero-order valence-electron chi connectivity index (χ0n) is 16.6. The number of carbonyl (C=O) groups excluding carboxylic acids is 1. The van der Waals surface area contributed by atoms with Gasteiger partial charge in [0.1, 0.15) is 0 Å². The fraction of sp³-hybridized carbons (Fsp3) is 0.227. The van der Waals surface area contributed by atoms with Crippen LogP contribution in [0.4, 0.5) is 0 Å². The van der Waals surface area contributed by atoms with Crippen LogP contribution in [-0.2, 0) is 6.42 Å². The van der Waals surface area contributed by atoms with Crippen LogP contribution in [0.1, 0.15) is 15.9 Å². The number of hydrogen-bond acceptors (Lipinski definition) is 6. The molecule has 0 spiro atoms. The van der Waals surface area contributed by atoms with Gasteiger partial charge < -0.3 is 14.8 Å². The summed E-state index contributed by atoms with van der Waals surface area (Å²) >= 11 is 1.44. The molecule has 0 unspecified atom stereocenters. The van der Waals surface area contributed by atoms with Crippen LogP contribution in [0.5, 0.6) is 11.5 Å². The van der Waals surface area contributed by atoms with Crippen molar-refractivity contribution in [2.45, 2.75) is 11.6 Å². The van der Waals surface area contributed by atoms with Crippen molar-refractivity contribution in [3.8, 4) is 22.8 Å². The van der Waals surface area contributed by atoms with E-state index in [-0.39, 0.29) is 5.91 Å². The quantitative estimate of drug-likeness (QED) is 0.450. The Hall–Kier alpha value is -3.06. The maximum Gasteiger partial charge on any atom is 0.255 e. The molecule has 0 saturated carbocycles. The van der Waals surface area contributed by atoms with E-state index >= 15 is 0 Å². The summed E-state index contributed by atoms with van der Waals surface area (Å²) in [6.07, 6.45) is 4.16. The van der Waals surface area contributed by atoms with Gasteiger partial charge in [-0.1, -0.05) is 48.2 Å². The Labute approximate surface area is 174 Å². The van der Waals surface area contributed by atoms with Gasteiger partial charge in [0.05, 0.1) is 25.5 Å². The minimum atomic E-state index is -0.197. The molecule has 0 saturated heterocycles. The molecule has 0 atom stereocenters. The molecule has 1 amide bonds. The van der Waals surface area contributed by atoms with Crippen molar-refractivity contribution in [2.24, 2.45) is 0 Å². The first-order valence-corrected chi connectivity index (χ1v) is 10.3. The molecule has 29 heavy (non-hydrogen) atoms. The Morgan fingerprint density at radius 3 is 2.52 bits per heavy atom. The Kier molecular flexibility index (Phi) is 7.08. The topological polar surface area (TPSA) is 73.3 Å². The van der Waals surface area contributed by atoms with Gasteiger partial charge in [0.25, 0.3) is 5.91 Å². The molecule has 3 rings (SSSR count). The second-order valence-corrected chi connectivity index (χ2v) is 6.95. The highest BCUT2D eigenvalue weighted by atomic mass is 32.2. The lowest BCUT2D eigenvalue weighted by atomic mass is 10.1. The van der Waals surface area contributed by atoms with Crippen LogP contribution in [-0.4, -0.2) is 42.9 Å². The number of carbonyl (C=O) groups is 1. The van der Waals surface area contributed by atoms with Gasteiger partial charge >= 0.3 is 0 Å². The van der Waals surface area contributed by atoms with E-state index in [9.17, 15) is 4.79 Å². The fourth-order valence-corrected chi connectivity index (χ4v) is 3.24. The number of nitrogens with one attached hydrogen (secondary N) is 1. The molecule has 0 aliphatic rings. The number of thioether (sulfide) groups is 1. The van der Waals surface area contributed by atoms with Gasteiger partial charge in [-0.15, -0.1) is 0 Å². The SMILES string of the molecule is COc1ccc(CCNC(=O)c2cnc(SC)nc2-c2ccccc2)cc1OC. The largest absolute Gasteiger partial charge is 0.493 e. The number of hydrogen-bond donors (Lipinski definition) is 1. The Morgan fingerprint density at radius 1 is 1.07 bits per heavy atom. The van der Waals surface area contributed by atoms with Crippen molar-refractivity contribution in [3.63, 3.8) is 0 Å². The lowest BCUT2D eigenvalue weighted by molar-refractivity contribution is 0.0954. The lowest BCUT2D eigenvalue weighted by Gasteiger charge is -2.12. The summed E-state index contributed by atoms with van der Waals surface area (Å²) in [6.45, 7) is 0.479. The molecule has 0 radical (unpaired) electrons. The van der Waals surface area contributed by atoms with Crippen molar-refractivity contribution < 1.29 is 14.3 Å². The molecule has 6 nitrogen and oxygen atoms in total. The normalized spacial score (nSPS) is 10.4. The summed E-state index contributed by atoms with van der Waals surface area (Å²) < 4.78 is 10.6. The summed E-state index contributed by atoms with van der Waals surface area (Å²) in [5.41, 5.74) is 3.02. The predicted molar refractivity (Wildman–Crippen MR) is 115 cm³/mol.